The molecule has 3 aliphatic rings. The summed E-state index contributed by atoms with van der Waals surface area (Å²) in [7, 11) is 0. The topological polar surface area (TPSA) is 123 Å². The van der Waals surface area contributed by atoms with E-state index in [0.29, 0.717) is 12.5 Å². The van der Waals surface area contributed by atoms with Gasteiger partial charge in [0.15, 0.2) is 0 Å². The van der Waals surface area contributed by atoms with Gasteiger partial charge in [-0.2, -0.15) is 13.2 Å². The third-order valence-electron chi connectivity index (χ3n) is 8.56. The largest absolute Gasteiger partial charge is 0.444 e. The molecule has 2 N–H and O–H groups in total. The molecule has 1 aromatic heterocycles. The average Bonchev–Trinajstić information content (AvgIpc) is 3.57. The van der Waals surface area contributed by atoms with E-state index in [9.17, 15) is 31.9 Å². The first kappa shape index (κ1) is 33.1. The molecule has 14 heteroatoms. The zero-order valence-electron chi connectivity index (χ0n) is 26.0. The van der Waals surface area contributed by atoms with Crippen LogP contribution in [0.3, 0.4) is 0 Å². The van der Waals surface area contributed by atoms with Crippen LogP contribution in [-0.4, -0.2) is 91.9 Å². The van der Waals surface area contributed by atoms with Crippen molar-refractivity contribution in [3.63, 3.8) is 0 Å². The van der Waals surface area contributed by atoms with Crippen LogP contribution in [0, 0.1) is 17.1 Å². The van der Waals surface area contributed by atoms with Crippen molar-refractivity contribution in [1.82, 2.24) is 24.7 Å². The number of nitrogens with one attached hydrogen (secondary N) is 2. The fourth-order valence-corrected chi connectivity index (χ4v) is 6.36. The van der Waals surface area contributed by atoms with E-state index in [-0.39, 0.29) is 42.7 Å². The molecule has 1 aliphatic carbocycles. The molecular formula is C32H38F4N6O4. The molecule has 46 heavy (non-hydrogen) atoms. The zero-order chi connectivity index (χ0) is 33.4. The summed E-state index contributed by atoms with van der Waals surface area (Å²) in [5, 5.41) is 8.11. The van der Waals surface area contributed by atoms with Gasteiger partial charge in [0.1, 0.15) is 40.7 Å². The number of benzene rings is 1. The van der Waals surface area contributed by atoms with Crippen molar-refractivity contribution in [3.8, 4) is 0 Å². The van der Waals surface area contributed by atoms with Gasteiger partial charge in [-0.3, -0.25) is 14.5 Å². The normalized spacial score (nSPS) is 21.4. The highest BCUT2D eigenvalue weighted by atomic mass is 19.4. The number of hydrogen-bond acceptors (Lipinski definition) is 6. The Morgan fingerprint density at radius 2 is 1.76 bits per heavy atom. The number of hydrogen-bond donors (Lipinski definition) is 2. The van der Waals surface area contributed by atoms with E-state index in [0.717, 1.165) is 50.4 Å². The molecule has 2 saturated heterocycles. The molecule has 5 rings (SSSR count). The first-order valence-electron chi connectivity index (χ1n) is 15.4. The van der Waals surface area contributed by atoms with Crippen molar-refractivity contribution in [2.45, 2.75) is 83.3 Å². The first-order chi connectivity index (χ1) is 21.6. The lowest BCUT2D eigenvalue weighted by atomic mass is 9.84. The number of carbonyl (C=O) groups is 3. The number of fused-ring (bicyclic) bond motifs is 1. The number of amides is 3. The number of alkyl halides is 3. The summed E-state index contributed by atoms with van der Waals surface area (Å²) in [5.74, 6) is -1.82. The van der Waals surface area contributed by atoms with Crippen LogP contribution < -0.4 is 0 Å². The molecule has 2 atom stereocenters. The molecule has 0 spiro atoms. The molecule has 10 nitrogen and oxygen atoms in total. The highest BCUT2D eigenvalue weighted by molar-refractivity contribution is 6.10. The lowest BCUT2D eigenvalue weighted by Gasteiger charge is -2.40. The molecular weight excluding hydrogens is 608 g/mol. The van der Waals surface area contributed by atoms with Crippen LogP contribution in [0.5, 0.6) is 0 Å². The second kappa shape index (κ2) is 12.9. The first-order valence-corrected chi connectivity index (χ1v) is 15.4. The number of allylic oxidation sites excluding steroid dienone is 2. The molecule has 3 fully saturated rings. The van der Waals surface area contributed by atoms with Crippen LogP contribution in [0.25, 0.3) is 5.57 Å². The van der Waals surface area contributed by atoms with Crippen LogP contribution in [0.1, 0.15) is 81.2 Å². The monoisotopic (exact) mass is 646 g/mol. The predicted octanol–water partition coefficient (Wildman–Crippen LogP) is 5.76. The standard InChI is InChI=1S/C32H38F4N6O4/c1-31(2,3)46-30(45)42-25(15-19-7-5-4-6-8-19)29(44)41-14-13-40(18-26(41)42)28(43)24-17-38-27(39-24)22(32(34,35)36)16-23(37)20-9-11-21(33)12-10-20/h9-12,16-17,19,25-26,37H,4-8,13-15,18H2,1-3H3,(H,38,39)/b22-16+,37-23?. The van der Waals surface area contributed by atoms with E-state index >= 15 is 0 Å². The molecule has 1 saturated carbocycles. The fraction of sp³-hybridized carbons (Fsp3) is 0.531. The Bertz CT molecular complexity index is 1510. The molecule has 3 heterocycles. The molecule has 2 unspecified atom stereocenters. The number of aromatic nitrogens is 2. The lowest BCUT2D eigenvalue weighted by molar-refractivity contribution is -0.131. The lowest BCUT2D eigenvalue weighted by Crippen LogP contribution is -2.58. The van der Waals surface area contributed by atoms with Gasteiger partial charge in [0.25, 0.3) is 5.91 Å². The van der Waals surface area contributed by atoms with E-state index in [2.05, 4.69) is 9.97 Å². The fourth-order valence-electron chi connectivity index (χ4n) is 6.36. The highest BCUT2D eigenvalue weighted by Gasteiger charge is 2.52. The summed E-state index contributed by atoms with van der Waals surface area (Å²) in [6, 6.07) is 3.72. The third kappa shape index (κ3) is 7.26. The number of carbonyl (C=O) groups excluding carboxylic acids is 3. The van der Waals surface area contributed by atoms with Crippen molar-refractivity contribution >= 4 is 29.2 Å². The summed E-state index contributed by atoms with van der Waals surface area (Å²) in [6.45, 7) is 5.37. The van der Waals surface area contributed by atoms with Gasteiger partial charge in [-0.15, -0.1) is 0 Å². The smallest absolute Gasteiger partial charge is 0.420 e. The summed E-state index contributed by atoms with van der Waals surface area (Å²) in [4.78, 5) is 51.3. The molecule has 2 aliphatic heterocycles. The van der Waals surface area contributed by atoms with Gasteiger partial charge in [-0.1, -0.05) is 32.1 Å². The molecule has 248 valence electrons. The van der Waals surface area contributed by atoms with Crippen LogP contribution in [-0.2, 0) is 9.53 Å². The van der Waals surface area contributed by atoms with Gasteiger partial charge in [0, 0.05) is 13.1 Å². The highest BCUT2D eigenvalue weighted by Crippen LogP contribution is 2.36. The van der Waals surface area contributed by atoms with Crippen LogP contribution in [0.2, 0.25) is 0 Å². The van der Waals surface area contributed by atoms with Crippen molar-refractivity contribution in [2.75, 3.05) is 19.6 Å². The molecule has 1 aromatic carbocycles. The second-order valence-electron chi connectivity index (χ2n) is 13.0. The molecule has 0 radical (unpaired) electrons. The number of imidazole rings is 1. The van der Waals surface area contributed by atoms with Gasteiger partial charge in [-0.25, -0.2) is 14.2 Å². The number of aromatic amines is 1. The molecule has 2 aromatic rings. The number of nitrogens with zero attached hydrogens (tertiary/aromatic N) is 4. The minimum absolute atomic E-state index is 0.0590. The Kier molecular flexibility index (Phi) is 9.28. The maximum Gasteiger partial charge on any atom is 0.420 e. The summed E-state index contributed by atoms with van der Waals surface area (Å²) in [5.41, 5.74) is -2.79. The third-order valence-corrected chi connectivity index (χ3v) is 8.56. The van der Waals surface area contributed by atoms with Crippen molar-refractivity contribution in [3.05, 3.63) is 59.4 Å². The molecule has 0 bridgehead atoms. The van der Waals surface area contributed by atoms with Gasteiger partial charge in [0.05, 0.1) is 18.5 Å². The Morgan fingerprint density at radius 3 is 2.39 bits per heavy atom. The second-order valence-corrected chi connectivity index (χ2v) is 13.0. The van der Waals surface area contributed by atoms with Crippen molar-refractivity contribution in [2.24, 2.45) is 5.92 Å². The van der Waals surface area contributed by atoms with Gasteiger partial charge in [-0.05, 0) is 69.0 Å². The van der Waals surface area contributed by atoms with Gasteiger partial charge in [0.2, 0.25) is 5.91 Å². The SMILES string of the molecule is CC(C)(C)OC(=O)N1C(CC2CCCCC2)C(=O)N2CCN(C(=O)c3cnc(/C(=C\C(=N)c4ccc(F)cc4)C(F)(F)F)[nH]3)CC21. The number of H-pyrrole nitrogens is 1. The Morgan fingerprint density at radius 1 is 1.09 bits per heavy atom. The number of halogens is 4. The van der Waals surface area contributed by atoms with Crippen LogP contribution >= 0.6 is 0 Å². The predicted molar refractivity (Wildman–Crippen MR) is 160 cm³/mol. The van der Waals surface area contributed by atoms with Gasteiger partial charge < -0.3 is 24.9 Å². The van der Waals surface area contributed by atoms with Crippen LogP contribution in [0.15, 0.2) is 36.5 Å². The quantitative estimate of drug-likeness (QED) is 0.305. The van der Waals surface area contributed by atoms with E-state index in [1.54, 1.807) is 25.7 Å². The minimum Gasteiger partial charge on any atom is -0.444 e. The minimum atomic E-state index is -4.93. The van der Waals surface area contributed by atoms with Crippen LogP contribution in [0.4, 0.5) is 22.4 Å². The Hall–Kier alpha value is -4.23. The van der Waals surface area contributed by atoms with Crippen molar-refractivity contribution < 1.29 is 36.7 Å². The van der Waals surface area contributed by atoms with E-state index in [4.69, 9.17) is 10.1 Å². The summed E-state index contributed by atoms with van der Waals surface area (Å²) >= 11 is 0. The van der Waals surface area contributed by atoms with E-state index < -0.39 is 58.9 Å². The van der Waals surface area contributed by atoms with Crippen molar-refractivity contribution in [1.29, 1.82) is 5.41 Å². The Balaban J connectivity index is 1.37. The Labute approximate surface area is 264 Å². The maximum absolute atomic E-state index is 14.1. The summed E-state index contributed by atoms with van der Waals surface area (Å²) < 4.78 is 61.2. The van der Waals surface area contributed by atoms with E-state index in [1.807, 2.05) is 0 Å². The maximum atomic E-state index is 14.1. The number of rotatable bonds is 6. The zero-order valence-corrected chi connectivity index (χ0v) is 26.0. The molecule has 3 amide bonds. The van der Waals surface area contributed by atoms with E-state index in [1.165, 1.54) is 21.9 Å². The summed E-state index contributed by atoms with van der Waals surface area (Å²) in [6.07, 6.45) is 0.900. The van der Waals surface area contributed by atoms with Gasteiger partial charge >= 0.3 is 12.3 Å². The average molecular weight is 647 g/mol. The number of ether oxygens (including phenoxy) is 1. The number of piperazine rings is 1.